The van der Waals surface area contributed by atoms with Crippen LogP contribution in [-0.4, -0.2) is 29.0 Å². The third-order valence-electron chi connectivity index (χ3n) is 0.858. The van der Waals surface area contributed by atoms with E-state index in [-0.39, 0.29) is 0 Å². The Morgan fingerprint density at radius 2 is 2.30 bits per heavy atom. The summed E-state index contributed by atoms with van der Waals surface area (Å²) in [7, 11) is 0. The fourth-order valence-corrected chi connectivity index (χ4v) is 0.320. The van der Waals surface area contributed by atoms with Gasteiger partial charge in [-0.3, -0.25) is 4.79 Å². The van der Waals surface area contributed by atoms with Crippen LogP contribution in [0.4, 0.5) is 0 Å². The second-order valence-corrected chi connectivity index (χ2v) is 1.95. The predicted molar refractivity (Wildman–Crippen MR) is 36.0 cm³/mol. The van der Waals surface area contributed by atoms with Gasteiger partial charge in [0.05, 0.1) is 6.61 Å². The highest BCUT2D eigenvalue weighted by molar-refractivity contribution is 5.92. The van der Waals surface area contributed by atoms with Crippen molar-refractivity contribution in [2.75, 3.05) is 6.61 Å². The van der Waals surface area contributed by atoms with Gasteiger partial charge in [0.25, 0.3) is 0 Å². The average molecular weight is 145 g/mol. The molecule has 0 aliphatic carbocycles. The Hall–Kier alpha value is -0.870. The van der Waals surface area contributed by atoms with E-state index in [1.807, 2.05) is 0 Å². The highest BCUT2D eigenvalue weighted by Gasteiger charge is 2.06. The Labute approximate surface area is 59.2 Å². The SMILES string of the molecule is C=C(C)C(=O)NC(O)CO. The summed E-state index contributed by atoms with van der Waals surface area (Å²) in [5.74, 6) is -0.457. The quantitative estimate of drug-likeness (QED) is 0.352. The number of nitrogens with one attached hydrogen (secondary N) is 1. The van der Waals surface area contributed by atoms with Crippen LogP contribution in [0.2, 0.25) is 0 Å². The largest absolute Gasteiger partial charge is 0.392 e. The lowest BCUT2D eigenvalue weighted by Gasteiger charge is -2.08. The van der Waals surface area contributed by atoms with E-state index >= 15 is 0 Å². The van der Waals surface area contributed by atoms with Crippen molar-refractivity contribution in [3.8, 4) is 0 Å². The molecule has 0 aromatic carbocycles. The van der Waals surface area contributed by atoms with Crippen molar-refractivity contribution in [1.29, 1.82) is 0 Å². The summed E-state index contributed by atoms with van der Waals surface area (Å²) in [6, 6.07) is 0. The van der Waals surface area contributed by atoms with Gasteiger partial charge in [-0.2, -0.15) is 0 Å². The minimum Gasteiger partial charge on any atom is -0.392 e. The van der Waals surface area contributed by atoms with Crippen molar-refractivity contribution in [3.05, 3.63) is 12.2 Å². The minimum atomic E-state index is -1.19. The Morgan fingerprint density at radius 3 is 2.60 bits per heavy atom. The van der Waals surface area contributed by atoms with E-state index < -0.39 is 18.7 Å². The maximum atomic E-state index is 10.6. The van der Waals surface area contributed by atoms with Gasteiger partial charge in [-0.15, -0.1) is 0 Å². The van der Waals surface area contributed by atoms with Crippen LogP contribution in [0.5, 0.6) is 0 Å². The fraction of sp³-hybridized carbons (Fsp3) is 0.500. The molecule has 0 radical (unpaired) electrons. The number of carbonyl (C=O) groups excluding carboxylic acids is 1. The Balaban J connectivity index is 3.68. The molecule has 0 saturated heterocycles. The molecule has 1 amide bonds. The van der Waals surface area contributed by atoms with E-state index in [4.69, 9.17) is 10.2 Å². The maximum Gasteiger partial charge on any atom is 0.248 e. The first-order valence-corrected chi connectivity index (χ1v) is 2.83. The van der Waals surface area contributed by atoms with Crippen molar-refractivity contribution in [2.45, 2.75) is 13.2 Å². The first-order valence-electron chi connectivity index (χ1n) is 2.83. The Bertz CT molecular complexity index is 144. The molecule has 0 spiro atoms. The summed E-state index contributed by atoms with van der Waals surface area (Å²) in [6.07, 6.45) is -1.19. The van der Waals surface area contributed by atoms with Crippen LogP contribution in [0.25, 0.3) is 0 Å². The number of aliphatic hydroxyl groups is 2. The van der Waals surface area contributed by atoms with Crippen molar-refractivity contribution < 1.29 is 15.0 Å². The summed E-state index contributed by atoms with van der Waals surface area (Å²) in [4.78, 5) is 10.6. The van der Waals surface area contributed by atoms with Crippen LogP contribution in [0.1, 0.15) is 6.92 Å². The summed E-state index contributed by atoms with van der Waals surface area (Å²) < 4.78 is 0. The zero-order valence-corrected chi connectivity index (χ0v) is 5.79. The van der Waals surface area contributed by atoms with Gasteiger partial charge in [-0.25, -0.2) is 0 Å². The van der Waals surface area contributed by atoms with E-state index in [1.54, 1.807) is 0 Å². The Morgan fingerprint density at radius 1 is 1.80 bits per heavy atom. The van der Waals surface area contributed by atoms with Crippen molar-refractivity contribution in [1.82, 2.24) is 5.32 Å². The van der Waals surface area contributed by atoms with Crippen LogP contribution in [0.3, 0.4) is 0 Å². The first-order chi connectivity index (χ1) is 4.57. The monoisotopic (exact) mass is 145 g/mol. The molecule has 0 bridgehead atoms. The van der Waals surface area contributed by atoms with Gasteiger partial charge in [-0.05, 0) is 6.92 Å². The topological polar surface area (TPSA) is 69.6 Å². The lowest BCUT2D eigenvalue weighted by molar-refractivity contribution is -0.121. The molecule has 0 aliphatic heterocycles. The molecule has 0 fully saturated rings. The second kappa shape index (κ2) is 4.03. The number of hydrogen-bond donors (Lipinski definition) is 3. The molecule has 0 saturated carbocycles. The molecular weight excluding hydrogens is 134 g/mol. The maximum absolute atomic E-state index is 10.6. The van der Waals surface area contributed by atoms with E-state index in [2.05, 4.69) is 11.9 Å². The molecule has 0 rings (SSSR count). The number of aliphatic hydroxyl groups excluding tert-OH is 2. The molecule has 0 aromatic heterocycles. The van der Waals surface area contributed by atoms with Gasteiger partial charge in [0, 0.05) is 5.57 Å². The summed E-state index contributed by atoms with van der Waals surface area (Å²) in [5, 5.41) is 19.0. The van der Waals surface area contributed by atoms with Crippen LogP contribution < -0.4 is 5.32 Å². The first kappa shape index (κ1) is 9.13. The lowest BCUT2D eigenvalue weighted by atomic mass is 10.3. The molecule has 4 heteroatoms. The van der Waals surface area contributed by atoms with Crippen molar-refractivity contribution in [3.63, 3.8) is 0 Å². The second-order valence-electron chi connectivity index (χ2n) is 1.95. The number of hydrogen-bond acceptors (Lipinski definition) is 3. The molecule has 0 aliphatic rings. The highest BCUT2D eigenvalue weighted by atomic mass is 16.3. The summed E-state index contributed by atoms with van der Waals surface area (Å²) in [5.41, 5.74) is 0.299. The molecule has 4 nitrogen and oxygen atoms in total. The zero-order valence-electron chi connectivity index (χ0n) is 5.79. The molecule has 1 atom stereocenters. The van der Waals surface area contributed by atoms with E-state index in [0.29, 0.717) is 5.57 Å². The van der Waals surface area contributed by atoms with E-state index in [0.717, 1.165) is 0 Å². The zero-order chi connectivity index (χ0) is 8.15. The smallest absolute Gasteiger partial charge is 0.248 e. The molecule has 0 heterocycles. The average Bonchev–Trinajstić information content (AvgIpc) is 1.87. The van der Waals surface area contributed by atoms with Crippen LogP contribution in [0, 0.1) is 0 Å². The Kier molecular flexibility index (Phi) is 3.68. The number of carbonyl (C=O) groups is 1. The van der Waals surface area contributed by atoms with Gasteiger partial charge in [-0.1, -0.05) is 6.58 Å². The molecule has 10 heavy (non-hydrogen) atoms. The van der Waals surface area contributed by atoms with Gasteiger partial charge in [0.15, 0.2) is 0 Å². The molecular formula is C6H11NO3. The molecule has 0 aromatic rings. The highest BCUT2D eigenvalue weighted by Crippen LogP contribution is 1.86. The van der Waals surface area contributed by atoms with Gasteiger partial charge in [0.2, 0.25) is 5.91 Å². The third-order valence-corrected chi connectivity index (χ3v) is 0.858. The normalized spacial score (nSPS) is 12.3. The number of rotatable bonds is 3. The van der Waals surface area contributed by atoms with Crippen molar-refractivity contribution in [2.24, 2.45) is 0 Å². The minimum absolute atomic E-state index is 0.299. The van der Waals surface area contributed by atoms with Crippen LogP contribution in [-0.2, 0) is 4.79 Å². The number of amides is 1. The van der Waals surface area contributed by atoms with Gasteiger partial charge in [0.1, 0.15) is 6.23 Å². The standard InChI is InChI=1S/C6H11NO3/c1-4(2)6(10)7-5(9)3-8/h5,8-9H,1,3H2,2H3,(H,7,10). The molecule has 1 unspecified atom stereocenters. The molecule has 58 valence electrons. The molecule has 3 N–H and O–H groups in total. The summed E-state index contributed by atoms with van der Waals surface area (Å²) in [6.45, 7) is 4.36. The van der Waals surface area contributed by atoms with Gasteiger partial charge < -0.3 is 15.5 Å². The predicted octanol–water partition coefficient (Wildman–Crippen LogP) is -1.01. The van der Waals surface area contributed by atoms with E-state index in [9.17, 15) is 4.79 Å². The third kappa shape index (κ3) is 3.21. The van der Waals surface area contributed by atoms with Gasteiger partial charge >= 0.3 is 0 Å². The fourth-order valence-electron chi connectivity index (χ4n) is 0.320. The summed E-state index contributed by atoms with van der Waals surface area (Å²) >= 11 is 0. The van der Waals surface area contributed by atoms with Crippen LogP contribution >= 0.6 is 0 Å². The lowest BCUT2D eigenvalue weighted by Crippen LogP contribution is -2.37. The van der Waals surface area contributed by atoms with E-state index in [1.165, 1.54) is 6.92 Å². The van der Waals surface area contributed by atoms with Crippen LogP contribution in [0.15, 0.2) is 12.2 Å². The van der Waals surface area contributed by atoms with Crippen molar-refractivity contribution >= 4 is 5.91 Å².